The molecule has 58 heavy (non-hydrogen) atoms. The van der Waals surface area contributed by atoms with Gasteiger partial charge in [0.1, 0.15) is 22.3 Å². The molecule has 11 aromatic carbocycles. The van der Waals surface area contributed by atoms with E-state index in [0.717, 1.165) is 65.8 Å². The Morgan fingerprint density at radius 2 is 0.724 bits per heavy atom. The summed E-state index contributed by atoms with van der Waals surface area (Å²) < 4.78 is 13.7. The molecule has 13 aromatic rings. The van der Waals surface area contributed by atoms with Gasteiger partial charge in [-0.05, 0) is 100 Å². The first-order valence-electron chi connectivity index (χ1n) is 19.9. The van der Waals surface area contributed by atoms with E-state index in [2.05, 4.69) is 188 Å². The molecule has 2 heteroatoms. The molecule has 0 N–H and O–H groups in total. The van der Waals surface area contributed by atoms with Crippen molar-refractivity contribution >= 4 is 97.7 Å². The number of rotatable bonds is 3. The third-order valence-electron chi connectivity index (χ3n) is 12.4. The van der Waals surface area contributed by atoms with Crippen molar-refractivity contribution in [3.05, 3.63) is 194 Å². The van der Waals surface area contributed by atoms with Crippen LogP contribution in [0, 0.1) is 0 Å². The lowest BCUT2D eigenvalue weighted by Gasteiger charge is -2.20. The molecule has 0 aliphatic rings. The fourth-order valence-electron chi connectivity index (χ4n) is 9.99. The van der Waals surface area contributed by atoms with Crippen LogP contribution >= 0.6 is 0 Å². The molecule has 0 saturated carbocycles. The number of furan rings is 2. The number of fused-ring (bicyclic) bond motifs is 13. The van der Waals surface area contributed by atoms with Gasteiger partial charge in [-0.1, -0.05) is 176 Å². The van der Waals surface area contributed by atoms with Crippen LogP contribution in [-0.4, -0.2) is 0 Å². The van der Waals surface area contributed by atoms with Crippen LogP contribution in [0.15, 0.2) is 203 Å². The lowest BCUT2D eigenvalue weighted by atomic mass is 9.83. The van der Waals surface area contributed by atoms with Gasteiger partial charge >= 0.3 is 0 Å². The standard InChI is InChI=1S/C56H32O2/c1-3-17-35-33(14-1)16-13-26-40(35)51-41-21-7-9-23-43(41)52(44-24-10-8-22-42(44)51)45-31-30-39(37-19-5-6-20-38(37)45)48-32-50-54(56-53(48)46-25-11-12-27-49(46)57-56)47-29-28-34-15-2-4-18-36(34)55(47)58-50/h1-32H. The van der Waals surface area contributed by atoms with Crippen LogP contribution in [0.4, 0.5) is 0 Å². The fraction of sp³-hybridized carbons (Fsp3) is 0. The van der Waals surface area contributed by atoms with Crippen molar-refractivity contribution < 1.29 is 8.83 Å². The molecule has 0 amide bonds. The first kappa shape index (κ1) is 31.5. The van der Waals surface area contributed by atoms with Crippen LogP contribution < -0.4 is 0 Å². The summed E-state index contributed by atoms with van der Waals surface area (Å²) >= 11 is 0. The molecular weight excluding hydrogens is 705 g/mol. The Balaban J connectivity index is 1.12. The molecule has 0 bridgehead atoms. The minimum Gasteiger partial charge on any atom is -0.455 e. The highest BCUT2D eigenvalue weighted by molar-refractivity contribution is 6.30. The van der Waals surface area contributed by atoms with E-state index < -0.39 is 0 Å². The summed E-state index contributed by atoms with van der Waals surface area (Å²) in [4.78, 5) is 0. The lowest BCUT2D eigenvalue weighted by molar-refractivity contribution is 0.665. The normalized spacial score (nSPS) is 12.1. The highest BCUT2D eigenvalue weighted by Gasteiger charge is 2.24. The molecule has 13 rings (SSSR count). The second-order valence-electron chi connectivity index (χ2n) is 15.4. The molecule has 268 valence electrons. The second kappa shape index (κ2) is 11.9. The Bertz CT molecular complexity index is 3800. The van der Waals surface area contributed by atoms with E-state index in [9.17, 15) is 0 Å². The molecule has 0 spiro atoms. The molecule has 2 heterocycles. The Labute approximate surface area is 332 Å². The Morgan fingerprint density at radius 3 is 1.41 bits per heavy atom. The van der Waals surface area contributed by atoms with Gasteiger partial charge in [0.15, 0.2) is 0 Å². The van der Waals surface area contributed by atoms with Gasteiger partial charge in [0, 0.05) is 21.5 Å². The second-order valence-corrected chi connectivity index (χ2v) is 15.4. The van der Waals surface area contributed by atoms with Gasteiger partial charge in [0.25, 0.3) is 0 Å². The van der Waals surface area contributed by atoms with Crippen molar-refractivity contribution in [2.75, 3.05) is 0 Å². The van der Waals surface area contributed by atoms with E-state index in [4.69, 9.17) is 8.83 Å². The topological polar surface area (TPSA) is 26.3 Å². The first-order valence-corrected chi connectivity index (χ1v) is 19.9. The predicted octanol–water partition coefficient (Wildman–Crippen LogP) is 16.3. The van der Waals surface area contributed by atoms with E-state index >= 15 is 0 Å². The molecule has 0 aliphatic heterocycles. The van der Waals surface area contributed by atoms with Crippen molar-refractivity contribution in [2.24, 2.45) is 0 Å². The maximum absolute atomic E-state index is 6.85. The Kier molecular flexibility index (Phi) is 6.47. The molecule has 0 atom stereocenters. The van der Waals surface area contributed by atoms with E-state index in [0.29, 0.717) is 0 Å². The summed E-state index contributed by atoms with van der Waals surface area (Å²) in [7, 11) is 0. The van der Waals surface area contributed by atoms with Gasteiger partial charge < -0.3 is 8.83 Å². The Hall–Kier alpha value is -7.68. The van der Waals surface area contributed by atoms with Crippen molar-refractivity contribution in [3.8, 4) is 33.4 Å². The third-order valence-corrected chi connectivity index (χ3v) is 12.4. The maximum atomic E-state index is 6.85. The van der Waals surface area contributed by atoms with Crippen LogP contribution in [0.2, 0.25) is 0 Å². The highest BCUT2D eigenvalue weighted by Crippen LogP contribution is 2.50. The van der Waals surface area contributed by atoms with Gasteiger partial charge in [0.2, 0.25) is 0 Å². The zero-order valence-electron chi connectivity index (χ0n) is 31.3. The smallest absolute Gasteiger partial charge is 0.147 e. The van der Waals surface area contributed by atoms with Crippen LogP contribution in [0.3, 0.4) is 0 Å². The SMILES string of the molecule is c1ccc2c(-c3c4ccccc4c(-c4ccc(-c5cc6oc7c8ccccc8ccc7c6c6oc7ccccc7c56)c5ccccc45)c4ccccc34)cccc2c1. The van der Waals surface area contributed by atoms with Crippen molar-refractivity contribution in [1.29, 1.82) is 0 Å². The lowest BCUT2D eigenvalue weighted by Crippen LogP contribution is -1.93. The fourth-order valence-corrected chi connectivity index (χ4v) is 9.99. The number of hydrogen-bond acceptors (Lipinski definition) is 2. The molecule has 0 saturated heterocycles. The van der Waals surface area contributed by atoms with Crippen LogP contribution in [0.25, 0.3) is 131 Å². The van der Waals surface area contributed by atoms with Crippen molar-refractivity contribution in [3.63, 3.8) is 0 Å². The van der Waals surface area contributed by atoms with Gasteiger partial charge in [-0.3, -0.25) is 0 Å². The van der Waals surface area contributed by atoms with E-state index in [1.165, 1.54) is 65.3 Å². The molecule has 0 fully saturated rings. The summed E-state index contributed by atoms with van der Waals surface area (Å²) in [6.07, 6.45) is 0. The highest BCUT2D eigenvalue weighted by atomic mass is 16.3. The van der Waals surface area contributed by atoms with E-state index in [-0.39, 0.29) is 0 Å². The summed E-state index contributed by atoms with van der Waals surface area (Å²) in [5.41, 5.74) is 10.7. The van der Waals surface area contributed by atoms with Gasteiger partial charge in [-0.2, -0.15) is 0 Å². The minimum atomic E-state index is 0.821. The van der Waals surface area contributed by atoms with Gasteiger partial charge in [-0.15, -0.1) is 0 Å². The van der Waals surface area contributed by atoms with Gasteiger partial charge in [-0.25, -0.2) is 0 Å². The zero-order chi connectivity index (χ0) is 37.9. The molecular formula is C56H32O2. The summed E-state index contributed by atoms with van der Waals surface area (Å²) in [6.45, 7) is 0. The van der Waals surface area contributed by atoms with Crippen molar-refractivity contribution in [2.45, 2.75) is 0 Å². The van der Waals surface area contributed by atoms with Crippen LogP contribution in [0.5, 0.6) is 0 Å². The maximum Gasteiger partial charge on any atom is 0.147 e. The quantitative estimate of drug-likeness (QED) is 0.169. The molecule has 0 unspecified atom stereocenters. The molecule has 0 aliphatic carbocycles. The molecule has 2 aromatic heterocycles. The molecule has 0 radical (unpaired) electrons. The van der Waals surface area contributed by atoms with Crippen LogP contribution in [-0.2, 0) is 0 Å². The summed E-state index contributed by atoms with van der Waals surface area (Å²) in [6, 6.07) is 70.3. The average Bonchev–Trinajstić information content (AvgIpc) is 3.87. The predicted molar refractivity (Wildman–Crippen MR) is 245 cm³/mol. The summed E-state index contributed by atoms with van der Waals surface area (Å²) in [5, 5.41) is 16.4. The zero-order valence-corrected chi connectivity index (χ0v) is 31.3. The number of benzene rings is 11. The summed E-state index contributed by atoms with van der Waals surface area (Å²) in [5.74, 6) is 0. The van der Waals surface area contributed by atoms with Crippen molar-refractivity contribution in [1.82, 2.24) is 0 Å². The largest absolute Gasteiger partial charge is 0.455 e. The van der Waals surface area contributed by atoms with Crippen LogP contribution in [0.1, 0.15) is 0 Å². The molecule has 2 nitrogen and oxygen atoms in total. The average molecular weight is 737 g/mol. The minimum absolute atomic E-state index is 0.821. The number of hydrogen-bond donors (Lipinski definition) is 0. The van der Waals surface area contributed by atoms with E-state index in [1.54, 1.807) is 0 Å². The number of para-hydroxylation sites is 1. The monoisotopic (exact) mass is 736 g/mol. The first-order chi connectivity index (χ1) is 28.8. The van der Waals surface area contributed by atoms with E-state index in [1.807, 2.05) is 6.07 Å². The third kappa shape index (κ3) is 4.32. The van der Waals surface area contributed by atoms with Gasteiger partial charge in [0.05, 0.1) is 5.39 Å². The Morgan fingerprint density at radius 1 is 0.241 bits per heavy atom.